The fourth-order valence-corrected chi connectivity index (χ4v) is 3.36. The zero-order chi connectivity index (χ0) is 18.8. The number of fused-ring (bicyclic) bond motifs is 1. The summed E-state index contributed by atoms with van der Waals surface area (Å²) in [5.41, 5.74) is 4.61. The van der Waals surface area contributed by atoms with E-state index >= 15 is 0 Å². The van der Waals surface area contributed by atoms with E-state index in [1.807, 2.05) is 48.5 Å². The van der Waals surface area contributed by atoms with Gasteiger partial charge in [-0.2, -0.15) is 0 Å². The fraction of sp³-hybridized carbons (Fsp3) is 0. The maximum Gasteiger partial charge on any atom is 0.488 e. The van der Waals surface area contributed by atoms with Crippen molar-refractivity contribution in [2.45, 2.75) is 0 Å². The maximum absolute atomic E-state index is 9.79. The van der Waals surface area contributed by atoms with Gasteiger partial charge < -0.3 is 10.0 Å². The van der Waals surface area contributed by atoms with E-state index in [9.17, 15) is 10.0 Å². The molecule has 0 unspecified atom stereocenters. The highest BCUT2D eigenvalue weighted by atomic mass is 16.4. The molecular formula is C23H16BNO2. The zero-order valence-electron chi connectivity index (χ0n) is 14.5. The van der Waals surface area contributed by atoms with Crippen LogP contribution in [0.1, 0.15) is 0 Å². The summed E-state index contributed by atoms with van der Waals surface area (Å²) < 4.78 is 0. The summed E-state index contributed by atoms with van der Waals surface area (Å²) in [6, 6.07) is 27.1. The van der Waals surface area contributed by atoms with E-state index in [-0.39, 0.29) is 0 Å². The second kappa shape index (κ2) is 7.09. The first-order chi connectivity index (χ1) is 13.2. The van der Waals surface area contributed by atoms with Gasteiger partial charge in [0.25, 0.3) is 0 Å². The molecule has 4 rings (SSSR count). The van der Waals surface area contributed by atoms with Crippen LogP contribution in [0.5, 0.6) is 0 Å². The third-order valence-corrected chi connectivity index (χ3v) is 4.66. The van der Waals surface area contributed by atoms with Crippen LogP contribution in [-0.4, -0.2) is 17.2 Å². The fourth-order valence-electron chi connectivity index (χ4n) is 3.36. The molecule has 0 aliphatic rings. The predicted molar refractivity (Wildman–Crippen MR) is 111 cm³/mol. The number of hydrogen-bond donors (Lipinski definition) is 2. The summed E-state index contributed by atoms with van der Waals surface area (Å²) >= 11 is 0. The number of nitrogens with zero attached hydrogens (tertiary/aromatic N) is 1. The SMILES string of the molecule is [C-]#[N+]c1cccc(-c2cc(B(O)O)cc(-c3cccc4ccccc34)c2)c1. The minimum atomic E-state index is -1.57. The van der Waals surface area contributed by atoms with Crippen molar-refractivity contribution in [2.24, 2.45) is 0 Å². The van der Waals surface area contributed by atoms with Crippen LogP contribution >= 0.6 is 0 Å². The molecule has 0 aliphatic carbocycles. The van der Waals surface area contributed by atoms with Gasteiger partial charge in [-0.05, 0) is 50.6 Å². The second-order valence-electron chi connectivity index (χ2n) is 6.41. The number of benzene rings is 4. The maximum atomic E-state index is 9.79. The molecule has 0 heterocycles. The van der Waals surface area contributed by atoms with Crippen LogP contribution in [0.2, 0.25) is 0 Å². The van der Waals surface area contributed by atoms with Gasteiger partial charge in [0.05, 0.1) is 6.57 Å². The Morgan fingerprint density at radius 3 is 2.26 bits per heavy atom. The lowest BCUT2D eigenvalue weighted by atomic mass is 9.77. The molecule has 4 aromatic carbocycles. The molecule has 0 bridgehead atoms. The summed E-state index contributed by atoms with van der Waals surface area (Å²) in [4.78, 5) is 3.49. The van der Waals surface area contributed by atoms with Gasteiger partial charge in [0.15, 0.2) is 5.69 Å². The molecule has 3 nitrogen and oxygen atoms in total. The summed E-state index contributed by atoms with van der Waals surface area (Å²) in [5.74, 6) is 0. The Bertz CT molecular complexity index is 1170. The van der Waals surface area contributed by atoms with E-state index in [4.69, 9.17) is 6.57 Å². The van der Waals surface area contributed by atoms with Gasteiger partial charge in [0.1, 0.15) is 0 Å². The van der Waals surface area contributed by atoms with Crippen molar-refractivity contribution in [1.29, 1.82) is 0 Å². The lowest BCUT2D eigenvalue weighted by Crippen LogP contribution is -2.29. The van der Waals surface area contributed by atoms with Gasteiger partial charge in [0.2, 0.25) is 0 Å². The van der Waals surface area contributed by atoms with E-state index in [0.29, 0.717) is 11.2 Å². The Labute approximate surface area is 158 Å². The topological polar surface area (TPSA) is 44.8 Å². The van der Waals surface area contributed by atoms with Crippen LogP contribution in [0.15, 0.2) is 84.9 Å². The molecule has 0 spiro atoms. The third-order valence-electron chi connectivity index (χ3n) is 4.66. The number of rotatable bonds is 3. The Balaban J connectivity index is 1.96. The van der Waals surface area contributed by atoms with Crippen LogP contribution in [-0.2, 0) is 0 Å². The van der Waals surface area contributed by atoms with Gasteiger partial charge in [-0.25, -0.2) is 4.85 Å². The predicted octanol–water partition coefficient (Wildman–Crippen LogP) is 4.40. The average molecular weight is 349 g/mol. The molecule has 4 aromatic rings. The highest BCUT2D eigenvalue weighted by Crippen LogP contribution is 2.32. The average Bonchev–Trinajstić information content (AvgIpc) is 2.73. The van der Waals surface area contributed by atoms with Crippen LogP contribution < -0.4 is 5.46 Å². The highest BCUT2D eigenvalue weighted by molar-refractivity contribution is 6.58. The lowest BCUT2D eigenvalue weighted by molar-refractivity contribution is 0.426. The van der Waals surface area contributed by atoms with E-state index < -0.39 is 7.12 Å². The van der Waals surface area contributed by atoms with E-state index in [1.54, 1.807) is 18.2 Å². The first kappa shape index (κ1) is 17.1. The number of hydrogen-bond acceptors (Lipinski definition) is 2. The molecule has 0 saturated carbocycles. The first-order valence-electron chi connectivity index (χ1n) is 8.63. The van der Waals surface area contributed by atoms with Gasteiger partial charge in [0, 0.05) is 0 Å². The Kier molecular flexibility index (Phi) is 4.47. The monoisotopic (exact) mass is 349 g/mol. The van der Waals surface area contributed by atoms with Crippen molar-refractivity contribution in [3.8, 4) is 22.3 Å². The van der Waals surface area contributed by atoms with E-state index in [0.717, 1.165) is 33.0 Å². The zero-order valence-corrected chi connectivity index (χ0v) is 14.5. The molecule has 0 radical (unpaired) electrons. The first-order valence-corrected chi connectivity index (χ1v) is 8.63. The standard InChI is InChI=1S/C23H16BNO2/c1-25-21-9-4-8-17(15-21)18-12-19(14-20(13-18)24(26)27)23-11-5-7-16-6-2-3-10-22(16)23/h2-15,26-27H. The Morgan fingerprint density at radius 2 is 1.44 bits per heavy atom. The van der Waals surface area contributed by atoms with Crippen LogP contribution in [0.4, 0.5) is 5.69 Å². The lowest BCUT2D eigenvalue weighted by Gasteiger charge is -2.12. The molecule has 128 valence electrons. The summed E-state index contributed by atoms with van der Waals surface area (Å²) in [7, 11) is -1.57. The quantitative estimate of drug-likeness (QED) is 0.425. The minimum Gasteiger partial charge on any atom is -0.423 e. The van der Waals surface area contributed by atoms with Gasteiger partial charge in [-0.1, -0.05) is 72.8 Å². The van der Waals surface area contributed by atoms with Crippen molar-refractivity contribution in [1.82, 2.24) is 0 Å². The largest absolute Gasteiger partial charge is 0.488 e. The Hall–Kier alpha value is -3.39. The normalized spacial score (nSPS) is 10.6. The summed E-state index contributed by atoms with van der Waals surface area (Å²) in [5, 5.41) is 21.8. The smallest absolute Gasteiger partial charge is 0.423 e. The van der Waals surface area contributed by atoms with Crippen LogP contribution in [0, 0.1) is 6.57 Å². The van der Waals surface area contributed by atoms with Crippen LogP contribution in [0.25, 0.3) is 37.9 Å². The van der Waals surface area contributed by atoms with Crippen molar-refractivity contribution in [3.63, 3.8) is 0 Å². The van der Waals surface area contributed by atoms with Gasteiger partial charge >= 0.3 is 7.12 Å². The Morgan fingerprint density at radius 1 is 0.704 bits per heavy atom. The third kappa shape index (κ3) is 3.34. The summed E-state index contributed by atoms with van der Waals surface area (Å²) in [6.45, 7) is 7.23. The molecule has 0 atom stereocenters. The molecule has 0 aromatic heterocycles. The van der Waals surface area contributed by atoms with Crippen molar-refractivity contribution in [2.75, 3.05) is 0 Å². The van der Waals surface area contributed by atoms with Crippen molar-refractivity contribution >= 4 is 29.0 Å². The molecule has 0 saturated heterocycles. The molecule has 0 aliphatic heterocycles. The summed E-state index contributed by atoms with van der Waals surface area (Å²) in [6.07, 6.45) is 0. The van der Waals surface area contributed by atoms with Crippen molar-refractivity contribution < 1.29 is 10.0 Å². The molecule has 27 heavy (non-hydrogen) atoms. The van der Waals surface area contributed by atoms with Gasteiger partial charge in [-0.15, -0.1) is 0 Å². The second-order valence-corrected chi connectivity index (χ2v) is 6.41. The molecule has 0 amide bonds. The molecule has 2 N–H and O–H groups in total. The molecular weight excluding hydrogens is 333 g/mol. The van der Waals surface area contributed by atoms with E-state index in [1.165, 1.54) is 0 Å². The highest BCUT2D eigenvalue weighted by Gasteiger charge is 2.15. The van der Waals surface area contributed by atoms with Crippen molar-refractivity contribution in [3.05, 3.63) is 96.3 Å². The minimum absolute atomic E-state index is 0.420. The van der Waals surface area contributed by atoms with Crippen LogP contribution in [0.3, 0.4) is 0 Å². The molecule has 0 fully saturated rings. The van der Waals surface area contributed by atoms with E-state index in [2.05, 4.69) is 23.0 Å². The molecule has 4 heteroatoms. The van der Waals surface area contributed by atoms with Gasteiger partial charge in [-0.3, -0.25) is 0 Å².